The van der Waals surface area contributed by atoms with Crippen molar-refractivity contribution >= 4 is 34.7 Å². The summed E-state index contributed by atoms with van der Waals surface area (Å²) in [5, 5.41) is 4.89. The predicted octanol–water partition coefficient (Wildman–Crippen LogP) is 3.34. The third-order valence-corrected chi connectivity index (χ3v) is 5.12. The van der Waals surface area contributed by atoms with Gasteiger partial charge < -0.3 is 14.8 Å². The number of carbonyl (C=O) groups excluding carboxylic acids is 1. The zero-order chi connectivity index (χ0) is 15.4. The van der Waals surface area contributed by atoms with E-state index in [1.54, 1.807) is 29.2 Å². The summed E-state index contributed by atoms with van der Waals surface area (Å²) < 4.78 is 12.0. The first-order valence-electron chi connectivity index (χ1n) is 6.95. The molecule has 0 saturated heterocycles. The molecule has 0 spiro atoms. The summed E-state index contributed by atoms with van der Waals surface area (Å²) in [5.74, 6) is 2.09. The first-order valence-corrected chi connectivity index (χ1v) is 8.82. The minimum absolute atomic E-state index is 0.0162. The zero-order valence-electron chi connectivity index (χ0n) is 12.1. The van der Waals surface area contributed by atoms with E-state index in [1.807, 2.05) is 24.4 Å². The molecule has 1 N–H and O–H groups in total. The highest BCUT2D eigenvalue weighted by Gasteiger charge is 2.12. The number of benzene rings is 1. The van der Waals surface area contributed by atoms with Crippen molar-refractivity contribution in [2.24, 2.45) is 0 Å². The highest BCUT2D eigenvalue weighted by Crippen LogP contribution is 2.32. The van der Waals surface area contributed by atoms with Gasteiger partial charge in [0.2, 0.25) is 5.91 Å². The molecule has 1 aromatic heterocycles. The summed E-state index contributed by atoms with van der Waals surface area (Å²) in [6.07, 6.45) is 0.442. The number of rotatable bonds is 5. The van der Waals surface area contributed by atoms with Crippen LogP contribution < -0.4 is 14.8 Å². The Labute approximate surface area is 137 Å². The van der Waals surface area contributed by atoms with Gasteiger partial charge in [0.15, 0.2) is 11.5 Å². The smallest absolute Gasteiger partial charge is 0.225 e. The van der Waals surface area contributed by atoms with Gasteiger partial charge in [0.1, 0.15) is 17.6 Å². The van der Waals surface area contributed by atoms with E-state index in [9.17, 15) is 4.79 Å². The van der Waals surface area contributed by atoms with Crippen molar-refractivity contribution in [1.82, 2.24) is 4.98 Å². The molecule has 0 atom stereocenters. The molecule has 2 heterocycles. The van der Waals surface area contributed by atoms with Gasteiger partial charge in [0.05, 0.1) is 0 Å². The summed E-state index contributed by atoms with van der Waals surface area (Å²) in [6, 6.07) is 5.43. The highest BCUT2D eigenvalue weighted by molar-refractivity contribution is 8.01. The average Bonchev–Trinajstić information content (AvgIpc) is 2.92. The van der Waals surface area contributed by atoms with Crippen LogP contribution in [0.4, 0.5) is 5.69 Å². The SMILES string of the molecule is Cc1csc(SCCC(=O)Nc2ccc3c(c2)OCCO3)n1. The Balaban J connectivity index is 1.49. The lowest BCUT2D eigenvalue weighted by atomic mass is 10.2. The van der Waals surface area contributed by atoms with Crippen molar-refractivity contribution in [3.63, 3.8) is 0 Å². The molecule has 0 fully saturated rings. The Kier molecular flexibility index (Phi) is 4.84. The number of thioether (sulfide) groups is 1. The van der Waals surface area contributed by atoms with Crippen LogP contribution in [0.5, 0.6) is 11.5 Å². The van der Waals surface area contributed by atoms with Crippen LogP contribution in [0.1, 0.15) is 12.1 Å². The van der Waals surface area contributed by atoms with Crippen molar-refractivity contribution in [1.29, 1.82) is 0 Å². The number of anilines is 1. The largest absolute Gasteiger partial charge is 0.486 e. The van der Waals surface area contributed by atoms with E-state index in [4.69, 9.17) is 9.47 Å². The number of thiazole rings is 1. The second-order valence-electron chi connectivity index (χ2n) is 4.76. The Bertz CT molecular complexity index is 673. The van der Waals surface area contributed by atoms with Crippen LogP contribution in [0, 0.1) is 6.92 Å². The fraction of sp³-hybridized carbons (Fsp3) is 0.333. The van der Waals surface area contributed by atoms with E-state index in [0.717, 1.165) is 21.5 Å². The molecule has 2 aromatic rings. The lowest BCUT2D eigenvalue weighted by Crippen LogP contribution is -2.16. The van der Waals surface area contributed by atoms with Gasteiger partial charge >= 0.3 is 0 Å². The van der Waals surface area contributed by atoms with Gasteiger partial charge in [0, 0.05) is 35.0 Å². The Morgan fingerprint density at radius 1 is 1.36 bits per heavy atom. The molecular formula is C15H16N2O3S2. The normalized spacial score (nSPS) is 13.0. The Hall–Kier alpha value is -1.73. The van der Waals surface area contributed by atoms with Gasteiger partial charge in [-0.25, -0.2) is 4.98 Å². The van der Waals surface area contributed by atoms with Crippen LogP contribution in [-0.2, 0) is 4.79 Å². The number of aromatic nitrogens is 1. The number of carbonyl (C=O) groups is 1. The topological polar surface area (TPSA) is 60.5 Å². The maximum atomic E-state index is 12.0. The number of amides is 1. The molecule has 0 aliphatic carbocycles. The summed E-state index contributed by atoms with van der Waals surface area (Å²) in [6.45, 7) is 3.07. The van der Waals surface area contributed by atoms with E-state index >= 15 is 0 Å². The second kappa shape index (κ2) is 7.02. The number of nitrogens with zero attached hydrogens (tertiary/aromatic N) is 1. The fourth-order valence-electron chi connectivity index (χ4n) is 1.97. The molecule has 5 nitrogen and oxygen atoms in total. The lowest BCUT2D eigenvalue weighted by molar-refractivity contribution is -0.115. The van der Waals surface area contributed by atoms with Gasteiger partial charge in [-0.15, -0.1) is 11.3 Å². The molecule has 1 amide bonds. The van der Waals surface area contributed by atoms with Crippen molar-refractivity contribution in [2.75, 3.05) is 24.3 Å². The van der Waals surface area contributed by atoms with E-state index in [1.165, 1.54) is 0 Å². The number of hydrogen-bond acceptors (Lipinski definition) is 6. The molecule has 1 aromatic carbocycles. The van der Waals surface area contributed by atoms with Crippen molar-refractivity contribution in [2.45, 2.75) is 17.7 Å². The first-order chi connectivity index (χ1) is 10.7. The van der Waals surface area contributed by atoms with Gasteiger partial charge in [0.25, 0.3) is 0 Å². The van der Waals surface area contributed by atoms with Gasteiger partial charge in [-0.1, -0.05) is 11.8 Å². The first kappa shape index (κ1) is 15.2. The minimum atomic E-state index is -0.0162. The Morgan fingerprint density at radius 3 is 2.95 bits per heavy atom. The van der Waals surface area contributed by atoms with Crippen LogP contribution in [0.2, 0.25) is 0 Å². The summed E-state index contributed by atoms with van der Waals surface area (Å²) in [5.41, 5.74) is 1.75. The van der Waals surface area contributed by atoms with E-state index in [2.05, 4.69) is 10.3 Å². The molecule has 3 rings (SSSR count). The summed E-state index contributed by atoms with van der Waals surface area (Å²) in [4.78, 5) is 16.3. The average molecular weight is 336 g/mol. The molecule has 22 heavy (non-hydrogen) atoms. The number of ether oxygens (including phenoxy) is 2. The molecule has 1 aliphatic heterocycles. The number of fused-ring (bicyclic) bond motifs is 1. The third-order valence-electron chi connectivity index (χ3n) is 2.98. The molecule has 0 saturated carbocycles. The summed E-state index contributed by atoms with van der Waals surface area (Å²) >= 11 is 3.22. The van der Waals surface area contributed by atoms with Gasteiger partial charge in [-0.2, -0.15) is 0 Å². The van der Waals surface area contributed by atoms with Crippen LogP contribution in [0.15, 0.2) is 27.9 Å². The molecule has 0 unspecified atom stereocenters. The molecule has 116 valence electrons. The molecule has 0 radical (unpaired) electrons. The third kappa shape index (κ3) is 3.92. The van der Waals surface area contributed by atoms with Crippen molar-refractivity contribution in [3.8, 4) is 11.5 Å². The minimum Gasteiger partial charge on any atom is -0.486 e. The van der Waals surface area contributed by atoms with Crippen molar-refractivity contribution < 1.29 is 14.3 Å². The Morgan fingerprint density at radius 2 is 2.18 bits per heavy atom. The maximum absolute atomic E-state index is 12.0. The van der Waals surface area contributed by atoms with E-state index in [0.29, 0.717) is 31.1 Å². The number of hydrogen-bond donors (Lipinski definition) is 1. The second-order valence-corrected chi connectivity index (χ2v) is 6.96. The van der Waals surface area contributed by atoms with Crippen LogP contribution in [-0.4, -0.2) is 29.9 Å². The predicted molar refractivity (Wildman–Crippen MR) is 88.3 cm³/mol. The zero-order valence-corrected chi connectivity index (χ0v) is 13.8. The van der Waals surface area contributed by atoms with Crippen molar-refractivity contribution in [3.05, 3.63) is 29.3 Å². The molecule has 1 aliphatic rings. The van der Waals surface area contributed by atoms with E-state index in [-0.39, 0.29) is 5.91 Å². The monoisotopic (exact) mass is 336 g/mol. The maximum Gasteiger partial charge on any atom is 0.225 e. The molecule has 7 heteroatoms. The van der Waals surface area contributed by atoms with E-state index < -0.39 is 0 Å². The quantitative estimate of drug-likeness (QED) is 0.849. The number of nitrogens with one attached hydrogen (secondary N) is 1. The van der Waals surface area contributed by atoms with Gasteiger partial charge in [-0.3, -0.25) is 4.79 Å². The lowest BCUT2D eigenvalue weighted by Gasteiger charge is -2.19. The van der Waals surface area contributed by atoms with Crippen LogP contribution >= 0.6 is 23.1 Å². The van der Waals surface area contributed by atoms with Gasteiger partial charge in [-0.05, 0) is 19.1 Å². The van der Waals surface area contributed by atoms with Crippen LogP contribution in [0.3, 0.4) is 0 Å². The fourth-order valence-corrected chi connectivity index (χ4v) is 3.83. The number of aryl methyl sites for hydroxylation is 1. The molecular weight excluding hydrogens is 320 g/mol. The van der Waals surface area contributed by atoms with Crippen LogP contribution in [0.25, 0.3) is 0 Å². The molecule has 0 bridgehead atoms. The highest BCUT2D eigenvalue weighted by atomic mass is 32.2. The standard InChI is InChI=1S/C15H16N2O3S2/c1-10-9-22-15(16-10)21-7-4-14(18)17-11-2-3-12-13(8-11)20-6-5-19-12/h2-3,8-9H,4-7H2,1H3,(H,17,18). The summed E-state index contributed by atoms with van der Waals surface area (Å²) in [7, 11) is 0.